The van der Waals surface area contributed by atoms with Crippen molar-refractivity contribution in [1.82, 2.24) is 0 Å². The molecule has 0 aliphatic rings. The first kappa shape index (κ1) is 19.7. The average Bonchev–Trinajstić information content (AvgIpc) is 1.79. The van der Waals surface area contributed by atoms with E-state index >= 15 is 0 Å². The van der Waals surface area contributed by atoms with E-state index in [1.807, 2.05) is 0 Å². The summed E-state index contributed by atoms with van der Waals surface area (Å²) in [6.45, 7) is 5.70. The van der Waals surface area contributed by atoms with Gasteiger partial charge >= 0.3 is 23.9 Å². The predicted octanol–water partition coefficient (Wildman–Crippen LogP) is 1.16. The Morgan fingerprint density at radius 1 is 0.800 bits per heavy atom. The van der Waals surface area contributed by atoms with E-state index in [9.17, 15) is 9.59 Å². The van der Waals surface area contributed by atoms with Crippen LogP contribution in [0.3, 0.4) is 0 Å². The van der Waals surface area contributed by atoms with Crippen LogP contribution >= 0.6 is 0 Å². The molecule has 0 rings (SSSR count). The first-order valence-electron chi connectivity index (χ1n) is 4.01. The molecule has 0 aromatic carbocycles. The summed E-state index contributed by atoms with van der Waals surface area (Å²) >= 11 is 0. The van der Waals surface area contributed by atoms with Gasteiger partial charge in [-0.3, -0.25) is 9.59 Å². The van der Waals surface area contributed by atoms with E-state index in [2.05, 4.69) is 0 Å². The number of hydrogen-bond donors (Lipinski definition) is 2. The Morgan fingerprint density at radius 3 is 1.00 bits per heavy atom. The van der Waals surface area contributed by atoms with Crippen molar-refractivity contribution in [3.63, 3.8) is 0 Å². The van der Waals surface area contributed by atoms with Gasteiger partial charge < -0.3 is 10.2 Å². The molecule has 15 heavy (non-hydrogen) atoms. The van der Waals surface area contributed by atoms with Gasteiger partial charge in [0.05, 0.1) is 11.5 Å². The van der Waals surface area contributed by atoms with Crippen molar-refractivity contribution >= 4 is 35.5 Å². The van der Waals surface area contributed by atoms with Gasteiger partial charge in [0.15, 0.2) is 11.6 Å². The molecule has 0 unspecified atom stereocenters. The summed E-state index contributed by atoms with van der Waals surface area (Å²) in [7, 11) is 0. The summed E-state index contributed by atoms with van der Waals surface area (Å²) < 4.78 is 0. The van der Waals surface area contributed by atoms with Gasteiger partial charge in [0.2, 0.25) is 0 Å². The van der Waals surface area contributed by atoms with Crippen LogP contribution < -0.4 is 0 Å². The summed E-state index contributed by atoms with van der Waals surface area (Å²) in [5, 5.41) is 16.7. The first-order chi connectivity index (χ1) is 6.25. The van der Waals surface area contributed by atoms with Crippen LogP contribution in [0.4, 0.5) is 0 Å². The molecule has 5 heteroatoms. The monoisotopic (exact) mass is 322 g/mol. The van der Waals surface area contributed by atoms with Crippen molar-refractivity contribution in [2.24, 2.45) is 0 Å². The number of carbonyl (C=O) groups excluding carboxylic acids is 2. The second-order valence-electron chi connectivity index (χ2n) is 2.79. The molecular formula is C10H18O4Sn. The molecule has 86 valence electrons. The van der Waals surface area contributed by atoms with Crippen LogP contribution in [0, 0.1) is 0 Å². The Bertz CT molecular complexity index is 231. The predicted molar refractivity (Wildman–Crippen MR) is 62.7 cm³/mol. The zero-order chi connectivity index (χ0) is 11.7. The Hall–Kier alpha value is -0.781. The fourth-order valence-electron chi connectivity index (χ4n) is 0.588. The SMILES string of the molecule is CC(=O)/C=C(/C)O.CC(=O)/C=C(/C)O.[SnH2]. The molecule has 0 aromatic rings. The molecule has 0 saturated carbocycles. The molecule has 0 spiro atoms. The summed E-state index contributed by atoms with van der Waals surface area (Å²) in [5.41, 5.74) is 0. The van der Waals surface area contributed by atoms with Crippen LogP contribution in [0.5, 0.6) is 0 Å². The molecule has 2 radical (unpaired) electrons. The number of ketones is 2. The minimum absolute atomic E-state index is 0. The average molecular weight is 321 g/mol. The van der Waals surface area contributed by atoms with E-state index < -0.39 is 0 Å². The zero-order valence-corrected chi connectivity index (χ0v) is 13.6. The van der Waals surface area contributed by atoms with E-state index in [0.29, 0.717) is 0 Å². The standard InChI is InChI=1S/2C5H8O2.Sn.2H/c2*1-4(6)3-5(2)7;;;/h2*3,6H,1-2H3;;;/b2*4-3-;;;. The summed E-state index contributed by atoms with van der Waals surface area (Å²) in [6, 6.07) is 0. The topological polar surface area (TPSA) is 74.6 Å². The quantitative estimate of drug-likeness (QED) is 0.455. The maximum atomic E-state index is 10.0. The first-order valence-corrected chi connectivity index (χ1v) is 4.01. The molecule has 0 bridgehead atoms. The van der Waals surface area contributed by atoms with Crippen LogP contribution in [-0.2, 0) is 9.59 Å². The van der Waals surface area contributed by atoms with Crippen molar-refractivity contribution in [1.29, 1.82) is 0 Å². The van der Waals surface area contributed by atoms with Gasteiger partial charge in [-0.25, -0.2) is 0 Å². The van der Waals surface area contributed by atoms with E-state index in [1.165, 1.54) is 39.8 Å². The van der Waals surface area contributed by atoms with Crippen molar-refractivity contribution in [2.75, 3.05) is 0 Å². The third kappa shape index (κ3) is 31.9. The molecule has 0 fully saturated rings. The zero-order valence-electron chi connectivity index (χ0n) is 9.57. The molecule has 2 N–H and O–H groups in total. The number of aliphatic hydroxyl groups excluding tert-OH is 2. The summed E-state index contributed by atoms with van der Waals surface area (Å²) in [6.07, 6.45) is 2.33. The Kier molecular flexibility index (Phi) is 14.9. The van der Waals surface area contributed by atoms with Gasteiger partial charge in [-0.2, -0.15) is 0 Å². The molecule has 4 nitrogen and oxygen atoms in total. The van der Waals surface area contributed by atoms with Gasteiger partial charge in [-0.15, -0.1) is 0 Å². The van der Waals surface area contributed by atoms with Crippen molar-refractivity contribution in [2.45, 2.75) is 27.7 Å². The molecule has 0 amide bonds. The minimum atomic E-state index is -0.125. The Labute approximate surface area is 107 Å². The van der Waals surface area contributed by atoms with Gasteiger partial charge in [0, 0.05) is 12.2 Å². The van der Waals surface area contributed by atoms with Crippen molar-refractivity contribution in [3.05, 3.63) is 23.7 Å². The molecule has 0 aromatic heterocycles. The van der Waals surface area contributed by atoms with Crippen LogP contribution in [0.2, 0.25) is 0 Å². The molecule has 0 atom stereocenters. The fraction of sp³-hybridized carbons (Fsp3) is 0.400. The Balaban J connectivity index is -0.000000180. The van der Waals surface area contributed by atoms with Gasteiger partial charge in [-0.1, -0.05) is 0 Å². The number of allylic oxidation sites excluding steroid dienone is 4. The molecule has 0 saturated heterocycles. The van der Waals surface area contributed by atoms with Crippen molar-refractivity contribution in [3.8, 4) is 0 Å². The second kappa shape index (κ2) is 11.3. The van der Waals surface area contributed by atoms with E-state index in [0.717, 1.165) is 0 Å². The van der Waals surface area contributed by atoms with Gasteiger partial charge in [-0.05, 0) is 27.7 Å². The molecule has 0 aliphatic heterocycles. The van der Waals surface area contributed by atoms with E-state index in [-0.39, 0.29) is 47.0 Å². The number of rotatable bonds is 2. The molecule has 0 heterocycles. The van der Waals surface area contributed by atoms with E-state index in [4.69, 9.17) is 10.2 Å². The summed E-state index contributed by atoms with van der Waals surface area (Å²) in [5.74, 6) is -0.125. The fourth-order valence-corrected chi connectivity index (χ4v) is 0.588. The van der Waals surface area contributed by atoms with Crippen LogP contribution in [0.25, 0.3) is 0 Å². The number of hydrogen-bond acceptors (Lipinski definition) is 4. The third-order valence-corrected chi connectivity index (χ3v) is 0.824. The summed E-state index contributed by atoms with van der Waals surface area (Å²) in [4.78, 5) is 20.0. The third-order valence-electron chi connectivity index (χ3n) is 0.824. The van der Waals surface area contributed by atoms with Crippen LogP contribution in [-0.4, -0.2) is 45.7 Å². The number of aliphatic hydroxyl groups is 2. The second-order valence-corrected chi connectivity index (χ2v) is 2.79. The normalized spacial score (nSPS) is 10.7. The van der Waals surface area contributed by atoms with Crippen molar-refractivity contribution < 1.29 is 19.8 Å². The van der Waals surface area contributed by atoms with Crippen LogP contribution in [0.15, 0.2) is 23.7 Å². The molecular weight excluding hydrogens is 303 g/mol. The van der Waals surface area contributed by atoms with Gasteiger partial charge in [0.1, 0.15) is 0 Å². The van der Waals surface area contributed by atoms with Gasteiger partial charge in [0.25, 0.3) is 0 Å². The van der Waals surface area contributed by atoms with Crippen LogP contribution in [0.1, 0.15) is 27.7 Å². The number of carbonyl (C=O) groups is 2. The molecule has 0 aliphatic carbocycles. The van der Waals surface area contributed by atoms with E-state index in [1.54, 1.807) is 0 Å². The Morgan fingerprint density at radius 2 is 1.00 bits per heavy atom. The maximum absolute atomic E-state index is 10.0.